The maximum absolute atomic E-state index is 11.3. The molecule has 0 heterocycles. The highest BCUT2D eigenvalue weighted by molar-refractivity contribution is 5.92. The molecule has 0 unspecified atom stereocenters. The van der Waals surface area contributed by atoms with E-state index in [1.54, 1.807) is 7.05 Å². The van der Waals surface area contributed by atoms with Gasteiger partial charge in [-0.3, -0.25) is 4.79 Å². The van der Waals surface area contributed by atoms with Crippen LogP contribution in [0.4, 0.5) is 5.69 Å². The molecule has 0 saturated heterocycles. The molecule has 0 fully saturated rings. The normalized spacial score (nSPS) is 9.89. The van der Waals surface area contributed by atoms with Crippen LogP contribution in [0.15, 0.2) is 24.3 Å². The van der Waals surface area contributed by atoms with Gasteiger partial charge in [0.2, 0.25) is 5.91 Å². The van der Waals surface area contributed by atoms with Gasteiger partial charge in [0.15, 0.2) is 0 Å². The van der Waals surface area contributed by atoms with Crippen LogP contribution in [0.25, 0.3) is 0 Å². The van der Waals surface area contributed by atoms with Gasteiger partial charge in [-0.25, -0.2) is 0 Å². The lowest BCUT2D eigenvalue weighted by atomic mass is 10.3. The number of hydrogen-bond acceptors (Lipinski definition) is 4. The van der Waals surface area contributed by atoms with Crippen molar-refractivity contribution >= 4 is 24.0 Å². The van der Waals surface area contributed by atoms with Crippen LogP contribution in [-0.2, 0) is 4.79 Å². The van der Waals surface area contributed by atoms with Crippen molar-refractivity contribution < 1.29 is 9.53 Å². The molecular weight excluding hydrogens is 266 g/mol. The van der Waals surface area contributed by atoms with Crippen molar-refractivity contribution in [3.8, 4) is 5.75 Å². The number of likely N-dealkylation sites (N-methyl/N-ethyl adjacent to an activating group) is 2. The van der Waals surface area contributed by atoms with Gasteiger partial charge in [-0.1, -0.05) is 0 Å². The monoisotopic (exact) mass is 287 g/mol. The average molecular weight is 288 g/mol. The summed E-state index contributed by atoms with van der Waals surface area (Å²) in [5, 5.41) is 5.58. The zero-order valence-corrected chi connectivity index (χ0v) is 12.4. The van der Waals surface area contributed by atoms with Crippen molar-refractivity contribution in [1.29, 1.82) is 0 Å². The largest absolute Gasteiger partial charge is 0.492 e. The summed E-state index contributed by atoms with van der Waals surface area (Å²) in [5.74, 6) is 0.752. The van der Waals surface area contributed by atoms with Gasteiger partial charge in [0, 0.05) is 12.2 Å². The first-order valence-electron chi connectivity index (χ1n) is 5.94. The third-order valence-electron chi connectivity index (χ3n) is 2.28. The number of hydrogen-bond donors (Lipinski definition) is 2. The first kappa shape index (κ1) is 17.7. The van der Waals surface area contributed by atoms with Crippen LogP contribution in [0, 0.1) is 0 Å². The topological polar surface area (TPSA) is 53.6 Å². The predicted molar refractivity (Wildman–Crippen MR) is 80.3 cm³/mol. The molecule has 5 nitrogen and oxygen atoms in total. The molecule has 0 saturated carbocycles. The van der Waals surface area contributed by atoms with Gasteiger partial charge in [0.05, 0.1) is 6.54 Å². The Balaban J connectivity index is 0.00000324. The van der Waals surface area contributed by atoms with Gasteiger partial charge < -0.3 is 20.3 Å². The minimum Gasteiger partial charge on any atom is -0.492 e. The van der Waals surface area contributed by atoms with Crippen LogP contribution in [0.5, 0.6) is 5.75 Å². The SMILES string of the molecule is CNCC(=O)Nc1ccc(OCCN(C)C)cc1.Cl. The molecule has 0 aliphatic heterocycles. The number of halogens is 1. The van der Waals surface area contributed by atoms with Crippen LogP contribution in [0.1, 0.15) is 0 Å². The molecule has 2 N–H and O–H groups in total. The molecular formula is C13H22ClN3O2. The molecule has 0 aromatic heterocycles. The van der Waals surface area contributed by atoms with E-state index in [0.717, 1.165) is 18.0 Å². The highest BCUT2D eigenvalue weighted by Crippen LogP contribution is 2.15. The quantitative estimate of drug-likeness (QED) is 0.791. The summed E-state index contributed by atoms with van der Waals surface area (Å²) in [6.07, 6.45) is 0. The fraction of sp³-hybridized carbons (Fsp3) is 0.462. The summed E-state index contributed by atoms with van der Waals surface area (Å²) >= 11 is 0. The molecule has 19 heavy (non-hydrogen) atoms. The average Bonchev–Trinajstić information content (AvgIpc) is 2.31. The molecule has 1 rings (SSSR count). The van der Waals surface area contributed by atoms with Crippen LogP contribution in [0.2, 0.25) is 0 Å². The van der Waals surface area contributed by atoms with Crippen molar-refractivity contribution in [1.82, 2.24) is 10.2 Å². The molecule has 1 aromatic carbocycles. The number of ether oxygens (including phenoxy) is 1. The number of rotatable bonds is 7. The molecule has 1 amide bonds. The van der Waals surface area contributed by atoms with E-state index in [0.29, 0.717) is 13.2 Å². The summed E-state index contributed by atoms with van der Waals surface area (Å²) in [6, 6.07) is 7.37. The third-order valence-corrected chi connectivity index (χ3v) is 2.28. The van der Waals surface area contributed by atoms with E-state index in [9.17, 15) is 4.79 Å². The highest BCUT2D eigenvalue weighted by Gasteiger charge is 2.01. The van der Waals surface area contributed by atoms with Gasteiger partial charge in [0.25, 0.3) is 0 Å². The Bertz CT molecular complexity index is 369. The fourth-order valence-corrected chi connectivity index (χ4v) is 1.35. The van der Waals surface area contributed by atoms with Crippen molar-refractivity contribution in [3.63, 3.8) is 0 Å². The van der Waals surface area contributed by atoms with E-state index in [4.69, 9.17) is 4.74 Å². The number of nitrogens with zero attached hydrogens (tertiary/aromatic N) is 1. The van der Waals surface area contributed by atoms with E-state index in [1.807, 2.05) is 38.4 Å². The van der Waals surface area contributed by atoms with Gasteiger partial charge in [-0.2, -0.15) is 0 Å². The number of anilines is 1. The molecule has 0 aliphatic carbocycles. The number of nitrogens with one attached hydrogen (secondary N) is 2. The molecule has 0 bridgehead atoms. The Morgan fingerprint density at radius 1 is 1.26 bits per heavy atom. The number of carbonyl (C=O) groups is 1. The Morgan fingerprint density at radius 2 is 1.89 bits per heavy atom. The lowest BCUT2D eigenvalue weighted by molar-refractivity contribution is -0.115. The predicted octanol–water partition coefficient (Wildman–Crippen LogP) is 1.21. The molecule has 108 valence electrons. The number of amides is 1. The van der Waals surface area contributed by atoms with Crippen LogP contribution in [0.3, 0.4) is 0 Å². The Kier molecular flexibility index (Phi) is 8.95. The zero-order valence-electron chi connectivity index (χ0n) is 11.6. The Labute approximate surface area is 120 Å². The second-order valence-electron chi connectivity index (χ2n) is 4.25. The minimum absolute atomic E-state index is 0. The second-order valence-corrected chi connectivity index (χ2v) is 4.25. The van der Waals surface area contributed by atoms with Gasteiger partial charge in [-0.15, -0.1) is 12.4 Å². The second kappa shape index (κ2) is 9.61. The highest BCUT2D eigenvalue weighted by atomic mass is 35.5. The summed E-state index contributed by atoms with van der Waals surface area (Å²) in [4.78, 5) is 13.4. The first-order chi connectivity index (χ1) is 8.61. The smallest absolute Gasteiger partial charge is 0.238 e. The van der Waals surface area contributed by atoms with Crippen LogP contribution in [-0.4, -0.2) is 51.6 Å². The van der Waals surface area contributed by atoms with Crippen molar-refractivity contribution in [2.75, 3.05) is 46.2 Å². The molecule has 1 aromatic rings. The maximum atomic E-state index is 11.3. The van der Waals surface area contributed by atoms with Crippen molar-refractivity contribution in [2.24, 2.45) is 0 Å². The van der Waals surface area contributed by atoms with Crippen LogP contribution >= 0.6 is 12.4 Å². The Morgan fingerprint density at radius 3 is 2.42 bits per heavy atom. The van der Waals surface area contributed by atoms with Gasteiger partial charge in [0.1, 0.15) is 12.4 Å². The van der Waals surface area contributed by atoms with E-state index in [1.165, 1.54) is 0 Å². The van der Waals surface area contributed by atoms with Crippen molar-refractivity contribution in [2.45, 2.75) is 0 Å². The molecule has 0 spiro atoms. The minimum atomic E-state index is -0.0567. The maximum Gasteiger partial charge on any atom is 0.238 e. The lowest BCUT2D eigenvalue weighted by Gasteiger charge is -2.11. The summed E-state index contributed by atoms with van der Waals surface area (Å²) in [5.41, 5.74) is 0.773. The van der Waals surface area contributed by atoms with Crippen molar-refractivity contribution in [3.05, 3.63) is 24.3 Å². The van der Waals surface area contributed by atoms with Gasteiger partial charge in [-0.05, 0) is 45.4 Å². The first-order valence-corrected chi connectivity index (χ1v) is 5.94. The molecule has 0 atom stereocenters. The summed E-state index contributed by atoms with van der Waals surface area (Å²) in [6.45, 7) is 1.83. The molecule has 0 aliphatic rings. The Hall–Kier alpha value is -1.30. The van der Waals surface area contributed by atoms with E-state index in [-0.39, 0.29) is 18.3 Å². The van der Waals surface area contributed by atoms with E-state index in [2.05, 4.69) is 15.5 Å². The fourth-order valence-electron chi connectivity index (χ4n) is 1.35. The number of carbonyl (C=O) groups excluding carboxylic acids is 1. The lowest BCUT2D eigenvalue weighted by Crippen LogP contribution is -2.25. The zero-order chi connectivity index (χ0) is 13.4. The molecule has 6 heteroatoms. The van der Waals surface area contributed by atoms with Crippen LogP contribution < -0.4 is 15.4 Å². The van der Waals surface area contributed by atoms with E-state index < -0.39 is 0 Å². The molecule has 0 radical (unpaired) electrons. The standard InChI is InChI=1S/C13H21N3O2.ClH/c1-14-10-13(17)15-11-4-6-12(7-5-11)18-9-8-16(2)3;/h4-7,14H,8-10H2,1-3H3,(H,15,17);1H. The van der Waals surface area contributed by atoms with Gasteiger partial charge >= 0.3 is 0 Å². The summed E-state index contributed by atoms with van der Waals surface area (Å²) < 4.78 is 5.56. The number of benzene rings is 1. The van der Waals surface area contributed by atoms with E-state index >= 15 is 0 Å². The third kappa shape index (κ3) is 7.66. The summed E-state index contributed by atoms with van der Waals surface area (Å²) in [7, 11) is 5.74.